The highest BCUT2D eigenvalue weighted by molar-refractivity contribution is 7.11. The first-order valence-electron chi connectivity index (χ1n) is 6.13. The zero-order valence-electron chi connectivity index (χ0n) is 10.6. The van der Waals surface area contributed by atoms with Crippen molar-refractivity contribution in [2.45, 2.75) is 6.04 Å². The van der Waals surface area contributed by atoms with E-state index < -0.39 is 11.6 Å². The number of hydrogen-bond donors (Lipinski definition) is 1. The minimum Gasteiger partial charge on any atom is -0.369 e. The van der Waals surface area contributed by atoms with Gasteiger partial charge in [-0.25, -0.2) is 8.78 Å². The smallest absolute Gasteiger partial charge is 0.150 e. The summed E-state index contributed by atoms with van der Waals surface area (Å²) < 4.78 is 27.1. The summed E-state index contributed by atoms with van der Waals surface area (Å²) in [5.41, 5.74) is 0.116. The van der Waals surface area contributed by atoms with Gasteiger partial charge in [-0.2, -0.15) is 0 Å². The predicted octanol–water partition coefficient (Wildman–Crippen LogP) is 5.94. The number of rotatable bonds is 4. The molecule has 0 fully saturated rings. The minimum absolute atomic E-state index is 0.0330. The number of hydrogen-bond acceptors (Lipinski definition) is 3. The van der Waals surface area contributed by atoms with Crippen molar-refractivity contribution in [3.05, 3.63) is 73.6 Å². The van der Waals surface area contributed by atoms with Gasteiger partial charge in [0.1, 0.15) is 5.82 Å². The Morgan fingerprint density at radius 3 is 2.10 bits per heavy atom. The maximum Gasteiger partial charge on any atom is 0.150 e. The molecule has 1 aromatic carbocycles. The molecule has 0 atom stereocenters. The summed E-state index contributed by atoms with van der Waals surface area (Å²) in [7, 11) is 0. The second-order valence-corrected chi connectivity index (χ2v) is 6.72. The molecule has 1 N–H and O–H groups in total. The molecule has 0 bridgehead atoms. The van der Waals surface area contributed by atoms with E-state index in [1.807, 2.05) is 35.0 Å². The van der Waals surface area contributed by atoms with Crippen molar-refractivity contribution in [2.24, 2.45) is 0 Å². The Kier molecular flexibility index (Phi) is 4.24. The van der Waals surface area contributed by atoms with Gasteiger partial charge in [0, 0.05) is 15.8 Å². The SMILES string of the molecule is Fc1cc(F)c(NC(c2cccs2)c2cccs2)c(Cl)c1. The van der Waals surface area contributed by atoms with Crippen molar-refractivity contribution in [3.8, 4) is 0 Å². The van der Waals surface area contributed by atoms with Crippen molar-refractivity contribution < 1.29 is 8.78 Å². The standard InChI is InChI=1S/C15H10ClF2NS2/c16-10-7-9(17)8-11(18)14(10)19-15(12-3-1-5-20-12)13-4-2-6-21-13/h1-8,15,19H. The van der Waals surface area contributed by atoms with Crippen LogP contribution in [0.2, 0.25) is 5.02 Å². The summed E-state index contributed by atoms with van der Waals surface area (Å²) in [6.07, 6.45) is 0. The van der Waals surface area contributed by atoms with Gasteiger partial charge in [-0.05, 0) is 29.0 Å². The first kappa shape index (κ1) is 14.5. The number of anilines is 1. The number of thiophene rings is 2. The van der Waals surface area contributed by atoms with E-state index in [1.54, 1.807) is 22.7 Å². The number of halogens is 3. The molecule has 3 aromatic rings. The zero-order valence-corrected chi connectivity index (χ0v) is 13.0. The highest BCUT2D eigenvalue weighted by atomic mass is 35.5. The second kappa shape index (κ2) is 6.13. The van der Waals surface area contributed by atoms with E-state index in [0.717, 1.165) is 21.9 Å². The predicted molar refractivity (Wildman–Crippen MR) is 85.5 cm³/mol. The van der Waals surface area contributed by atoms with Crippen molar-refractivity contribution >= 4 is 40.0 Å². The minimum atomic E-state index is -0.696. The second-order valence-electron chi connectivity index (χ2n) is 4.35. The largest absolute Gasteiger partial charge is 0.369 e. The van der Waals surface area contributed by atoms with Crippen LogP contribution < -0.4 is 5.32 Å². The van der Waals surface area contributed by atoms with Crippen LogP contribution in [0.1, 0.15) is 15.8 Å². The lowest BCUT2D eigenvalue weighted by atomic mass is 10.1. The fourth-order valence-corrected chi connectivity index (χ4v) is 3.93. The van der Waals surface area contributed by atoms with E-state index in [-0.39, 0.29) is 16.8 Å². The molecule has 0 aliphatic rings. The van der Waals surface area contributed by atoms with E-state index in [9.17, 15) is 8.78 Å². The van der Waals surface area contributed by atoms with Crippen LogP contribution in [0.3, 0.4) is 0 Å². The monoisotopic (exact) mass is 341 g/mol. The molecule has 0 spiro atoms. The highest BCUT2D eigenvalue weighted by Gasteiger charge is 2.20. The Morgan fingerprint density at radius 2 is 1.62 bits per heavy atom. The molecule has 0 aliphatic carbocycles. The van der Waals surface area contributed by atoms with Crippen LogP contribution in [-0.4, -0.2) is 0 Å². The molecule has 108 valence electrons. The van der Waals surface area contributed by atoms with Gasteiger partial charge in [0.05, 0.1) is 16.8 Å². The van der Waals surface area contributed by atoms with Crippen molar-refractivity contribution in [2.75, 3.05) is 5.32 Å². The first-order valence-corrected chi connectivity index (χ1v) is 8.27. The molecule has 3 rings (SSSR count). The van der Waals surface area contributed by atoms with Crippen molar-refractivity contribution in [3.63, 3.8) is 0 Å². The van der Waals surface area contributed by atoms with Crippen LogP contribution >= 0.6 is 34.3 Å². The Morgan fingerprint density at radius 1 is 1.00 bits per heavy atom. The molecule has 0 saturated heterocycles. The van der Waals surface area contributed by atoms with Gasteiger partial charge >= 0.3 is 0 Å². The fraction of sp³-hybridized carbons (Fsp3) is 0.0667. The molecule has 0 unspecified atom stereocenters. The quantitative estimate of drug-likeness (QED) is 0.619. The molecule has 0 saturated carbocycles. The average Bonchev–Trinajstić information content (AvgIpc) is 3.11. The Bertz CT molecular complexity index is 669. The van der Waals surface area contributed by atoms with Gasteiger partial charge in [0.2, 0.25) is 0 Å². The summed E-state index contributed by atoms with van der Waals surface area (Å²) in [6.45, 7) is 0. The number of nitrogens with one attached hydrogen (secondary N) is 1. The van der Waals surface area contributed by atoms with Crippen LogP contribution in [0.25, 0.3) is 0 Å². The maximum absolute atomic E-state index is 14.0. The van der Waals surface area contributed by atoms with Gasteiger partial charge in [0.25, 0.3) is 0 Å². The van der Waals surface area contributed by atoms with Gasteiger partial charge in [-0.3, -0.25) is 0 Å². The molecule has 2 heterocycles. The van der Waals surface area contributed by atoms with Gasteiger partial charge in [-0.15, -0.1) is 22.7 Å². The van der Waals surface area contributed by atoms with E-state index >= 15 is 0 Å². The van der Waals surface area contributed by atoms with Crippen molar-refractivity contribution in [1.82, 2.24) is 0 Å². The van der Waals surface area contributed by atoms with Gasteiger partial charge in [0.15, 0.2) is 5.82 Å². The van der Waals surface area contributed by atoms with Crippen LogP contribution in [0.15, 0.2) is 47.2 Å². The normalized spacial score (nSPS) is 11.0. The third kappa shape index (κ3) is 3.10. The lowest BCUT2D eigenvalue weighted by Gasteiger charge is -2.19. The summed E-state index contributed by atoms with van der Waals surface area (Å²) >= 11 is 9.10. The first-order chi connectivity index (χ1) is 10.1. The van der Waals surface area contributed by atoms with Crippen molar-refractivity contribution in [1.29, 1.82) is 0 Å². The Balaban J connectivity index is 2.00. The molecular formula is C15H10ClF2NS2. The van der Waals surface area contributed by atoms with E-state index in [0.29, 0.717) is 0 Å². The summed E-state index contributed by atoms with van der Waals surface area (Å²) in [5.74, 6) is -1.38. The molecule has 0 amide bonds. The molecule has 6 heteroatoms. The molecule has 2 aromatic heterocycles. The van der Waals surface area contributed by atoms with Gasteiger partial charge < -0.3 is 5.32 Å². The lowest BCUT2D eigenvalue weighted by molar-refractivity contribution is 0.584. The highest BCUT2D eigenvalue weighted by Crippen LogP contribution is 2.36. The summed E-state index contributed by atoms with van der Waals surface area (Å²) in [5, 5.41) is 7.04. The molecule has 0 aliphatic heterocycles. The summed E-state index contributed by atoms with van der Waals surface area (Å²) in [4.78, 5) is 2.08. The van der Waals surface area contributed by atoms with Crippen LogP contribution in [0, 0.1) is 11.6 Å². The number of benzene rings is 1. The van der Waals surface area contributed by atoms with Crippen LogP contribution in [0.5, 0.6) is 0 Å². The topological polar surface area (TPSA) is 12.0 Å². The van der Waals surface area contributed by atoms with Gasteiger partial charge in [-0.1, -0.05) is 23.7 Å². The Hall–Kier alpha value is -1.43. The zero-order chi connectivity index (χ0) is 14.8. The molecule has 1 nitrogen and oxygen atoms in total. The van der Waals surface area contributed by atoms with E-state index in [1.165, 1.54) is 0 Å². The summed E-state index contributed by atoms with van der Waals surface area (Å²) in [6, 6.07) is 9.54. The maximum atomic E-state index is 14.0. The lowest BCUT2D eigenvalue weighted by Crippen LogP contribution is -2.11. The average molecular weight is 342 g/mol. The molecular weight excluding hydrogens is 332 g/mol. The van der Waals surface area contributed by atoms with Crippen LogP contribution in [0.4, 0.5) is 14.5 Å². The van der Waals surface area contributed by atoms with Crippen LogP contribution in [-0.2, 0) is 0 Å². The third-order valence-electron chi connectivity index (χ3n) is 2.95. The van der Waals surface area contributed by atoms with E-state index in [2.05, 4.69) is 5.32 Å². The molecule has 0 radical (unpaired) electrons. The Labute approximate surface area is 133 Å². The third-order valence-corrected chi connectivity index (χ3v) is 5.12. The fourth-order valence-electron chi connectivity index (χ4n) is 2.02. The van der Waals surface area contributed by atoms with E-state index in [4.69, 9.17) is 11.6 Å². The molecule has 21 heavy (non-hydrogen) atoms.